The summed E-state index contributed by atoms with van der Waals surface area (Å²) in [5, 5.41) is 10.1. The lowest BCUT2D eigenvalue weighted by atomic mass is 10.0. The van der Waals surface area contributed by atoms with Gasteiger partial charge in [0.25, 0.3) is 0 Å². The molecule has 0 aromatic heterocycles. The minimum atomic E-state index is -1.17. The molecular weight excluding hydrogens is 258 g/mol. The van der Waals surface area contributed by atoms with Crippen LogP contribution in [0.5, 0.6) is 0 Å². The summed E-state index contributed by atoms with van der Waals surface area (Å²) in [5.41, 5.74) is 0.326. The molecule has 0 spiro atoms. The second kappa shape index (κ2) is 5.46. The first-order valence-corrected chi connectivity index (χ1v) is 5.82. The normalized spacial score (nSPS) is 12.4. The van der Waals surface area contributed by atoms with Crippen molar-refractivity contribution >= 4 is 11.6 Å². The average molecular weight is 269 g/mol. The van der Waals surface area contributed by atoms with Crippen molar-refractivity contribution < 1.29 is 13.9 Å². The molecule has 0 fully saturated rings. The topological polar surface area (TPSA) is 20.2 Å². The predicted octanol–water partition coefficient (Wildman–Crippen LogP) is 3.89. The molecule has 0 heterocycles. The van der Waals surface area contributed by atoms with E-state index in [9.17, 15) is 13.9 Å². The average Bonchev–Trinajstić information content (AvgIpc) is 2.32. The zero-order valence-corrected chi connectivity index (χ0v) is 10.2. The molecule has 4 heteroatoms. The first-order chi connectivity index (χ1) is 8.59. The summed E-state index contributed by atoms with van der Waals surface area (Å²) >= 11 is 5.84. The van der Waals surface area contributed by atoms with E-state index in [2.05, 4.69) is 0 Å². The maximum absolute atomic E-state index is 13.6. The van der Waals surface area contributed by atoms with Crippen LogP contribution in [0.4, 0.5) is 8.78 Å². The molecule has 18 heavy (non-hydrogen) atoms. The number of halogens is 3. The highest BCUT2D eigenvalue weighted by Crippen LogP contribution is 2.28. The molecule has 0 aliphatic heterocycles. The van der Waals surface area contributed by atoms with Gasteiger partial charge in [0.05, 0.1) is 6.10 Å². The van der Waals surface area contributed by atoms with E-state index in [0.717, 1.165) is 0 Å². The molecule has 2 rings (SSSR count). The Morgan fingerprint density at radius 3 is 2.33 bits per heavy atom. The Bertz CT molecular complexity index is 537. The summed E-state index contributed by atoms with van der Waals surface area (Å²) in [6.07, 6.45) is -1.19. The Balaban J connectivity index is 2.28. The lowest BCUT2D eigenvalue weighted by Gasteiger charge is -2.14. The maximum Gasteiger partial charge on any atom is 0.130 e. The fourth-order valence-corrected chi connectivity index (χ4v) is 2.09. The summed E-state index contributed by atoms with van der Waals surface area (Å²) in [6.45, 7) is 0. The quantitative estimate of drug-likeness (QED) is 0.895. The van der Waals surface area contributed by atoms with E-state index in [1.807, 2.05) is 0 Å². The third-order valence-electron chi connectivity index (χ3n) is 2.70. The molecule has 0 radical (unpaired) electrons. The standard InChI is InChI=1S/C14H11ClF2O/c15-10-5-3-7-12(17)14(10)13(18)8-9-4-1-2-6-11(9)16/h1-7,13,18H,8H2. The van der Waals surface area contributed by atoms with Crippen molar-refractivity contribution in [3.8, 4) is 0 Å². The second-order valence-corrected chi connectivity index (χ2v) is 4.35. The molecule has 0 saturated heterocycles. The van der Waals surface area contributed by atoms with Gasteiger partial charge in [0, 0.05) is 17.0 Å². The van der Waals surface area contributed by atoms with Gasteiger partial charge in [-0.3, -0.25) is 0 Å². The van der Waals surface area contributed by atoms with Crippen LogP contribution in [0, 0.1) is 11.6 Å². The zero-order chi connectivity index (χ0) is 13.1. The van der Waals surface area contributed by atoms with Crippen LogP contribution < -0.4 is 0 Å². The number of aliphatic hydroxyl groups is 1. The van der Waals surface area contributed by atoms with Crippen LogP contribution in [-0.4, -0.2) is 5.11 Å². The predicted molar refractivity (Wildman–Crippen MR) is 66.5 cm³/mol. The van der Waals surface area contributed by atoms with Crippen molar-refractivity contribution in [3.05, 3.63) is 70.2 Å². The van der Waals surface area contributed by atoms with E-state index in [4.69, 9.17) is 11.6 Å². The van der Waals surface area contributed by atoms with Crippen LogP contribution in [-0.2, 0) is 6.42 Å². The second-order valence-electron chi connectivity index (χ2n) is 3.95. The minimum Gasteiger partial charge on any atom is -0.388 e. The number of hydrogen-bond donors (Lipinski definition) is 1. The van der Waals surface area contributed by atoms with Crippen LogP contribution >= 0.6 is 11.6 Å². The van der Waals surface area contributed by atoms with Crippen LogP contribution in [0.1, 0.15) is 17.2 Å². The molecule has 2 aromatic rings. The van der Waals surface area contributed by atoms with E-state index in [1.54, 1.807) is 18.2 Å². The molecule has 94 valence electrons. The molecular formula is C14H11ClF2O. The van der Waals surface area contributed by atoms with Gasteiger partial charge in [0.2, 0.25) is 0 Å². The van der Waals surface area contributed by atoms with Crippen molar-refractivity contribution in [2.75, 3.05) is 0 Å². The molecule has 0 aliphatic carbocycles. The van der Waals surface area contributed by atoms with E-state index in [-0.39, 0.29) is 17.0 Å². The van der Waals surface area contributed by atoms with Crippen LogP contribution in [0.15, 0.2) is 42.5 Å². The van der Waals surface area contributed by atoms with E-state index >= 15 is 0 Å². The molecule has 1 unspecified atom stereocenters. The highest BCUT2D eigenvalue weighted by atomic mass is 35.5. The van der Waals surface area contributed by atoms with Gasteiger partial charge >= 0.3 is 0 Å². The monoisotopic (exact) mass is 268 g/mol. The zero-order valence-electron chi connectivity index (χ0n) is 9.41. The summed E-state index contributed by atoms with van der Waals surface area (Å²) in [5.74, 6) is -1.02. The van der Waals surface area contributed by atoms with Gasteiger partial charge in [0.15, 0.2) is 0 Å². The Labute approximate surface area is 109 Å². The highest BCUT2D eigenvalue weighted by Gasteiger charge is 2.18. The van der Waals surface area contributed by atoms with E-state index in [0.29, 0.717) is 5.56 Å². The lowest BCUT2D eigenvalue weighted by molar-refractivity contribution is 0.172. The van der Waals surface area contributed by atoms with Crippen molar-refractivity contribution in [3.63, 3.8) is 0 Å². The molecule has 0 bridgehead atoms. The van der Waals surface area contributed by atoms with Crippen molar-refractivity contribution in [2.24, 2.45) is 0 Å². The third kappa shape index (κ3) is 2.68. The third-order valence-corrected chi connectivity index (χ3v) is 3.03. The van der Waals surface area contributed by atoms with E-state index < -0.39 is 17.7 Å². The number of aliphatic hydroxyl groups excluding tert-OH is 1. The highest BCUT2D eigenvalue weighted by molar-refractivity contribution is 6.31. The number of rotatable bonds is 3. The van der Waals surface area contributed by atoms with Gasteiger partial charge in [-0.2, -0.15) is 0 Å². The van der Waals surface area contributed by atoms with E-state index in [1.165, 1.54) is 24.3 Å². The summed E-state index contributed by atoms with van der Waals surface area (Å²) in [4.78, 5) is 0. The number of benzene rings is 2. The van der Waals surface area contributed by atoms with Crippen molar-refractivity contribution in [1.29, 1.82) is 0 Å². The summed E-state index contributed by atoms with van der Waals surface area (Å²) < 4.78 is 27.0. The molecule has 0 amide bonds. The molecule has 2 aromatic carbocycles. The van der Waals surface area contributed by atoms with Crippen LogP contribution in [0.2, 0.25) is 5.02 Å². The van der Waals surface area contributed by atoms with Gasteiger partial charge in [-0.15, -0.1) is 0 Å². The van der Waals surface area contributed by atoms with Crippen molar-refractivity contribution in [1.82, 2.24) is 0 Å². The fraction of sp³-hybridized carbons (Fsp3) is 0.143. The van der Waals surface area contributed by atoms with Gasteiger partial charge in [-0.25, -0.2) is 8.78 Å². The van der Waals surface area contributed by atoms with Gasteiger partial charge in [-0.05, 0) is 23.8 Å². The minimum absolute atomic E-state index is 0.00224. The fourth-order valence-electron chi connectivity index (χ4n) is 1.80. The first kappa shape index (κ1) is 13.0. The Kier molecular flexibility index (Phi) is 3.94. The van der Waals surface area contributed by atoms with Crippen LogP contribution in [0.3, 0.4) is 0 Å². The molecule has 1 atom stereocenters. The smallest absolute Gasteiger partial charge is 0.130 e. The van der Waals surface area contributed by atoms with Gasteiger partial charge < -0.3 is 5.11 Å². The molecule has 1 nitrogen and oxygen atoms in total. The lowest BCUT2D eigenvalue weighted by Crippen LogP contribution is -2.06. The first-order valence-electron chi connectivity index (χ1n) is 5.45. The Hall–Kier alpha value is -1.45. The SMILES string of the molecule is OC(Cc1ccccc1F)c1c(F)cccc1Cl. The molecule has 1 N–H and O–H groups in total. The molecule has 0 saturated carbocycles. The maximum atomic E-state index is 13.6. The Morgan fingerprint density at radius 1 is 1.00 bits per heavy atom. The number of hydrogen-bond acceptors (Lipinski definition) is 1. The summed E-state index contributed by atoms with van der Waals surface area (Å²) in [7, 11) is 0. The van der Waals surface area contributed by atoms with Crippen LogP contribution in [0.25, 0.3) is 0 Å². The molecule has 0 aliphatic rings. The summed E-state index contributed by atoms with van der Waals surface area (Å²) in [6, 6.07) is 10.2. The van der Waals surface area contributed by atoms with Gasteiger partial charge in [0.1, 0.15) is 11.6 Å². The van der Waals surface area contributed by atoms with Gasteiger partial charge in [-0.1, -0.05) is 35.9 Å². The van der Waals surface area contributed by atoms with Crippen molar-refractivity contribution in [2.45, 2.75) is 12.5 Å². The largest absolute Gasteiger partial charge is 0.388 e. The Morgan fingerprint density at radius 2 is 1.67 bits per heavy atom.